The van der Waals surface area contributed by atoms with Crippen LogP contribution in [0.3, 0.4) is 0 Å². The monoisotopic (exact) mass is 826 g/mol. The zero-order valence-electron chi connectivity index (χ0n) is 33.1. The molecule has 0 bridgehead atoms. The molecule has 6 rings (SSSR count). The number of piperidine rings is 1. The Morgan fingerprint density at radius 1 is 1.02 bits per heavy atom. The van der Waals surface area contributed by atoms with Crippen LogP contribution in [0.5, 0.6) is 0 Å². The molecule has 20 nitrogen and oxygen atoms in total. The second-order valence-corrected chi connectivity index (χ2v) is 17.3. The number of nitrogens with zero attached hydrogens (tertiary/aromatic N) is 1. The second kappa shape index (κ2) is 17.5. The van der Waals surface area contributed by atoms with Gasteiger partial charge in [0.1, 0.15) is 42.1 Å². The molecule has 58 heavy (non-hydrogen) atoms. The highest BCUT2D eigenvalue weighted by Crippen LogP contribution is 2.53. The fourth-order valence-corrected chi connectivity index (χ4v) is 10.9. The first kappa shape index (κ1) is 44.6. The van der Waals surface area contributed by atoms with Gasteiger partial charge in [-0.3, -0.25) is 45.9 Å². The van der Waals surface area contributed by atoms with E-state index in [-0.39, 0.29) is 55.7 Å². The number of hydrogen-bond donors (Lipinski definition) is 12. The first-order valence-electron chi connectivity index (χ1n) is 20.3. The van der Waals surface area contributed by atoms with Crippen LogP contribution < -0.4 is 27.1 Å². The molecule has 15 N–H and O–H groups in total. The molecule has 0 aromatic carbocycles. The van der Waals surface area contributed by atoms with Crippen LogP contribution in [-0.4, -0.2) is 171 Å². The van der Waals surface area contributed by atoms with Crippen molar-refractivity contribution in [2.24, 2.45) is 64.7 Å². The molecular formula is C38H62N6O14+2. The Kier molecular flexibility index (Phi) is 13.5. The predicted molar refractivity (Wildman–Crippen MR) is 198 cm³/mol. The topological polar surface area (TPSA) is 335 Å². The molecule has 6 aliphatic rings. The van der Waals surface area contributed by atoms with Crippen molar-refractivity contribution in [2.45, 2.75) is 93.4 Å². The van der Waals surface area contributed by atoms with Crippen LogP contribution in [0.25, 0.3) is 0 Å². The lowest BCUT2D eigenvalue weighted by atomic mass is 9.51. The highest BCUT2D eigenvalue weighted by molar-refractivity contribution is 6.12. The van der Waals surface area contributed by atoms with E-state index in [2.05, 4.69) is 10.3 Å². The fraction of sp³-hybridized carbons (Fsp3) is 0.816. The first-order chi connectivity index (χ1) is 27.4. The summed E-state index contributed by atoms with van der Waals surface area (Å²) < 4.78 is 17.7. The maximum atomic E-state index is 14.7. The molecule has 3 heterocycles. The molecule has 2 amide bonds. The van der Waals surface area contributed by atoms with Gasteiger partial charge < -0.3 is 55.3 Å². The number of hydrogen-bond acceptors (Lipinski definition) is 15. The molecule has 5 fully saturated rings. The SMILES string of the molecule is C[NH+]=C(N)NCC1C(C)CC2C(=O)C3C(CO)C(OC)CC(OC4OC(O)(CO)C(O)(CC(CN5C(=O)C=CC5=O)C5CC[NH2+]C(N)C5)C(O)C4O)C3C(=O)C2C1O. The van der Waals surface area contributed by atoms with E-state index in [1.54, 1.807) is 7.05 Å². The predicted octanol–water partition coefficient (Wildman–Crippen LogP) is -7.67. The Morgan fingerprint density at radius 3 is 2.31 bits per heavy atom. The van der Waals surface area contributed by atoms with Crippen LogP contribution in [0.1, 0.15) is 39.0 Å². The summed E-state index contributed by atoms with van der Waals surface area (Å²) in [4.78, 5) is 58.1. The van der Waals surface area contributed by atoms with Crippen molar-refractivity contribution < 1.29 is 79.4 Å². The number of carbonyl (C=O) groups excluding carboxylic acids is 4. The number of nitrogens with two attached hydrogens (primary N) is 3. The smallest absolute Gasteiger partial charge is 0.340 e. The van der Waals surface area contributed by atoms with Crippen LogP contribution in [0.4, 0.5) is 0 Å². The number of methoxy groups -OCH3 is 1. The zero-order valence-corrected chi connectivity index (χ0v) is 33.1. The number of amides is 2. The van der Waals surface area contributed by atoms with Gasteiger partial charge in [-0.1, -0.05) is 6.92 Å². The number of carbonyl (C=O) groups is 4. The van der Waals surface area contributed by atoms with Gasteiger partial charge in [-0.2, -0.15) is 0 Å². The first-order valence-corrected chi connectivity index (χ1v) is 20.3. The van der Waals surface area contributed by atoms with E-state index < -0.39 is 127 Å². The van der Waals surface area contributed by atoms with Crippen LogP contribution in [0, 0.1) is 53.3 Å². The molecule has 326 valence electrons. The summed E-state index contributed by atoms with van der Waals surface area (Å²) in [7, 11) is 2.99. The van der Waals surface area contributed by atoms with Crippen molar-refractivity contribution in [1.82, 2.24) is 10.2 Å². The maximum Gasteiger partial charge on any atom is 0.340 e. The molecule has 18 unspecified atom stereocenters. The summed E-state index contributed by atoms with van der Waals surface area (Å²) >= 11 is 0. The number of aliphatic hydroxyl groups excluding tert-OH is 5. The van der Waals surface area contributed by atoms with E-state index in [0.29, 0.717) is 19.4 Å². The second-order valence-electron chi connectivity index (χ2n) is 17.3. The number of guanidine groups is 1. The van der Waals surface area contributed by atoms with Crippen LogP contribution in [0.15, 0.2) is 12.2 Å². The Balaban J connectivity index is 1.29. The Hall–Kier alpha value is -2.99. The van der Waals surface area contributed by atoms with E-state index in [1.807, 2.05) is 12.2 Å². The highest BCUT2D eigenvalue weighted by Gasteiger charge is 2.67. The van der Waals surface area contributed by atoms with E-state index in [9.17, 15) is 54.9 Å². The molecule has 3 saturated carbocycles. The average Bonchev–Trinajstić information content (AvgIpc) is 3.52. The normalized spacial score (nSPS) is 45.3. The lowest BCUT2D eigenvalue weighted by Crippen LogP contribution is -2.94. The maximum absolute atomic E-state index is 14.7. The number of nitrogens with one attached hydrogen (secondary N) is 2. The number of ketones is 2. The molecule has 0 aromatic heterocycles. The Bertz CT molecular complexity index is 1600. The third kappa shape index (κ3) is 7.87. The number of ether oxygens (including phenoxy) is 3. The van der Waals surface area contributed by atoms with Gasteiger partial charge in [0.15, 0.2) is 6.29 Å². The quantitative estimate of drug-likeness (QED) is 0.0494. The average molecular weight is 827 g/mol. The summed E-state index contributed by atoms with van der Waals surface area (Å²) in [5.74, 6) is -11.9. The number of rotatable bonds is 12. The lowest BCUT2D eigenvalue weighted by molar-refractivity contribution is -0.699. The largest absolute Gasteiger partial charge is 0.396 e. The molecule has 3 aliphatic carbocycles. The third-order valence-corrected chi connectivity index (χ3v) is 14.2. The Labute approximate surface area is 335 Å². The van der Waals surface area contributed by atoms with Gasteiger partial charge in [0, 0.05) is 68.9 Å². The molecular weight excluding hydrogens is 764 g/mol. The van der Waals surface area contributed by atoms with Crippen molar-refractivity contribution in [3.63, 3.8) is 0 Å². The molecule has 0 aromatic rings. The number of fused-ring (bicyclic) bond motifs is 2. The van der Waals surface area contributed by atoms with Crippen molar-refractivity contribution in [1.29, 1.82) is 0 Å². The zero-order chi connectivity index (χ0) is 42.4. The third-order valence-electron chi connectivity index (χ3n) is 14.2. The van der Waals surface area contributed by atoms with Crippen molar-refractivity contribution in [2.75, 3.05) is 47.0 Å². The van der Waals surface area contributed by atoms with Gasteiger partial charge in [-0.05, 0) is 37.0 Å². The van der Waals surface area contributed by atoms with Crippen molar-refractivity contribution >= 4 is 29.3 Å². The van der Waals surface area contributed by atoms with Gasteiger partial charge >= 0.3 is 5.96 Å². The molecule has 0 spiro atoms. The van der Waals surface area contributed by atoms with Crippen LogP contribution in [0.2, 0.25) is 0 Å². The minimum Gasteiger partial charge on any atom is -0.396 e. The minimum absolute atomic E-state index is 0.123. The standard InChI is InChI=1S/C38H60N6O14/c1-16-8-19-28(31(50)20(16)12-43-36(40)41-2)32(51)29-23(10-22(56-3)21(14-45)27(29)30(19)49)57-35-33(52)34(53)37(54,38(55,15-46)58-35)11-18(17-6-7-42-24(39)9-17)13-44-25(47)4-5-26(44)48/h4-5,16-24,27-29,31,33-35,42,45-46,50,52-55H,6-15,39H2,1-3H3,(H3,40,41,43)/p+2. The van der Waals surface area contributed by atoms with E-state index in [0.717, 1.165) is 17.1 Å². The van der Waals surface area contributed by atoms with Gasteiger partial charge in [-0.25, -0.2) is 0 Å². The number of imide groups is 1. The molecule has 18 atom stereocenters. The van der Waals surface area contributed by atoms with Crippen LogP contribution >= 0.6 is 0 Å². The fourth-order valence-electron chi connectivity index (χ4n) is 10.9. The molecule has 20 heteroatoms. The number of quaternary nitrogens is 1. The molecule has 2 saturated heterocycles. The van der Waals surface area contributed by atoms with Gasteiger partial charge in [0.25, 0.3) is 11.8 Å². The molecule has 3 aliphatic heterocycles. The summed E-state index contributed by atoms with van der Waals surface area (Å²) in [6.45, 7) is 0.596. The van der Waals surface area contributed by atoms with Gasteiger partial charge in [0.05, 0.1) is 50.3 Å². The Morgan fingerprint density at radius 2 is 1.71 bits per heavy atom. The summed E-state index contributed by atoms with van der Waals surface area (Å²) in [6.07, 6.45) is -7.45. The summed E-state index contributed by atoms with van der Waals surface area (Å²) in [6, 6.07) is 0. The van der Waals surface area contributed by atoms with Crippen molar-refractivity contribution in [3.05, 3.63) is 12.2 Å². The summed E-state index contributed by atoms with van der Waals surface area (Å²) in [5, 5.41) is 85.3. The highest BCUT2D eigenvalue weighted by atomic mass is 16.8. The van der Waals surface area contributed by atoms with E-state index in [1.165, 1.54) is 7.11 Å². The number of Topliss-reactive ketones (excluding diaryl/α,β-unsaturated/α-hetero) is 2. The van der Waals surface area contributed by atoms with E-state index in [4.69, 9.17) is 25.7 Å². The van der Waals surface area contributed by atoms with Gasteiger partial charge in [0.2, 0.25) is 5.79 Å². The minimum atomic E-state index is -3.02. The van der Waals surface area contributed by atoms with E-state index >= 15 is 0 Å². The van der Waals surface area contributed by atoms with Crippen molar-refractivity contribution in [3.8, 4) is 0 Å². The number of aliphatic hydroxyl groups is 7. The lowest BCUT2D eigenvalue weighted by Gasteiger charge is -2.56. The summed E-state index contributed by atoms with van der Waals surface area (Å²) in [5.41, 5.74) is 9.30. The van der Waals surface area contributed by atoms with Crippen LogP contribution in [-0.2, 0) is 33.4 Å². The van der Waals surface area contributed by atoms with Gasteiger partial charge in [-0.15, -0.1) is 0 Å². The molecule has 0 radical (unpaired) electrons.